The number of carbonyl (C=O) groups is 3. The van der Waals surface area contributed by atoms with Crippen molar-refractivity contribution in [3.63, 3.8) is 0 Å². The standard InChI is InChI=1S/C22H17F4N5O3/c1-31-16(9-10-28-31)21(19(33)29-20(34)30-21)11-27-18(32)14-3-2-4-15(23)17(14)12-5-7-13(8-6-12)22(24,25)26/h2-10H,11H2,1H3,(H,27,32)(H2,29,30,33,34). The average Bonchev–Trinajstić information content (AvgIpc) is 3.33. The largest absolute Gasteiger partial charge is 0.416 e. The predicted molar refractivity (Wildman–Crippen MR) is 111 cm³/mol. The van der Waals surface area contributed by atoms with Crippen molar-refractivity contribution in [2.75, 3.05) is 6.54 Å². The van der Waals surface area contributed by atoms with Crippen molar-refractivity contribution >= 4 is 17.8 Å². The van der Waals surface area contributed by atoms with E-state index in [4.69, 9.17) is 0 Å². The van der Waals surface area contributed by atoms with Gasteiger partial charge in [0, 0.05) is 18.8 Å². The van der Waals surface area contributed by atoms with Crippen molar-refractivity contribution in [2.45, 2.75) is 11.7 Å². The van der Waals surface area contributed by atoms with Crippen LogP contribution < -0.4 is 16.0 Å². The Labute approximate surface area is 189 Å². The highest BCUT2D eigenvalue weighted by atomic mass is 19.4. The van der Waals surface area contributed by atoms with Crippen LogP contribution in [0.2, 0.25) is 0 Å². The molecule has 2 heterocycles. The van der Waals surface area contributed by atoms with Crippen molar-refractivity contribution in [2.24, 2.45) is 7.05 Å². The van der Waals surface area contributed by atoms with E-state index in [-0.39, 0.29) is 16.7 Å². The molecule has 0 spiro atoms. The van der Waals surface area contributed by atoms with Gasteiger partial charge in [-0.2, -0.15) is 18.3 Å². The normalized spacial score (nSPS) is 17.9. The highest BCUT2D eigenvalue weighted by Crippen LogP contribution is 2.33. The van der Waals surface area contributed by atoms with Crippen molar-refractivity contribution in [3.05, 3.63) is 77.4 Å². The number of nitrogens with zero attached hydrogens (tertiary/aromatic N) is 2. The lowest BCUT2D eigenvalue weighted by Crippen LogP contribution is -2.53. The molecule has 4 rings (SSSR count). The topological polar surface area (TPSA) is 105 Å². The van der Waals surface area contributed by atoms with E-state index in [1.807, 2.05) is 0 Å². The molecule has 1 saturated heterocycles. The zero-order valence-corrected chi connectivity index (χ0v) is 17.5. The maximum absolute atomic E-state index is 14.7. The van der Waals surface area contributed by atoms with E-state index < -0.39 is 47.5 Å². The molecule has 176 valence electrons. The fraction of sp³-hybridized carbons (Fsp3) is 0.182. The predicted octanol–water partition coefficient (Wildman–Crippen LogP) is 2.71. The molecule has 1 aromatic heterocycles. The van der Waals surface area contributed by atoms with Crippen LogP contribution in [-0.2, 0) is 23.6 Å². The minimum absolute atomic E-state index is 0.0597. The number of carbonyl (C=O) groups excluding carboxylic acids is 3. The van der Waals surface area contributed by atoms with Crippen molar-refractivity contribution < 1.29 is 31.9 Å². The molecule has 1 unspecified atom stereocenters. The molecule has 4 amide bonds. The van der Waals surface area contributed by atoms with Crippen LogP contribution >= 0.6 is 0 Å². The average molecular weight is 475 g/mol. The van der Waals surface area contributed by atoms with Gasteiger partial charge in [0.2, 0.25) is 0 Å². The summed E-state index contributed by atoms with van der Waals surface area (Å²) in [7, 11) is 1.55. The van der Waals surface area contributed by atoms with Gasteiger partial charge < -0.3 is 10.6 Å². The lowest BCUT2D eigenvalue weighted by atomic mass is 9.94. The number of aromatic nitrogens is 2. The van der Waals surface area contributed by atoms with Crippen LogP contribution in [0.3, 0.4) is 0 Å². The number of aryl methyl sites for hydroxylation is 1. The maximum Gasteiger partial charge on any atom is 0.416 e. The molecule has 3 N–H and O–H groups in total. The van der Waals surface area contributed by atoms with Crippen molar-refractivity contribution in [1.82, 2.24) is 25.7 Å². The fourth-order valence-electron chi connectivity index (χ4n) is 3.82. The summed E-state index contributed by atoms with van der Waals surface area (Å²) in [6.45, 7) is -0.397. The molecule has 1 fully saturated rings. The van der Waals surface area contributed by atoms with E-state index >= 15 is 0 Å². The molecule has 34 heavy (non-hydrogen) atoms. The minimum Gasteiger partial charge on any atom is -0.349 e. The van der Waals surface area contributed by atoms with Gasteiger partial charge in [-0.05, 0) is 35.9 Å². The Bertz CT molecular complexity index is 1290. The van der Waals surface area contributed by atoms with Crippen LogP contribution in [-0.4, -0.2) is 34.2 Å². The van der Waals surface area contributed by atoms with Gasteiger partial charge in [-0.25, -0.2) is 9.18 Å². The van der Waals surface area contributed by atoms with Gasteiger partial charge in [-0.1, -0.05) is 18.2 Å². The van der Waals surface area contributed by atoms with Gasteiger partial charge >= 0.3 is 12.2 Å². The van der Waals surface area contributed by atoms with Gasteiger partial charge in [0.05, 0.1) is 23.4 Å². The van der Waals surface area contributed by atoms with Crippen molar-refractivity contribution in [1.29, 1.82) is 0 Å². The third kappa shape index (κ3) is 3.98. The molecule has 1 atom stereocenters. The summed E-state index contributed by atoms with van der Waals surface area (Å²) in [4.78, 5) is 37.5. The molecule has 8 nitrogen and oxygen atoms in total. The first kappa shape index (κ1) is 23.0. The van der Waals surface area contributed by atoms with Gasteiger partial charge in [-0.3, -0.25) is 19.6 Å². The fourth-order valence-corrected chi connectivity index (χ4v) is 3.82. The Balaban J connectivity index is 1.66. The Morgan fingerprint density at radius 3 is 2.38 bits per heavy atom. The number of nitrogens with one attached hydrogen (secondary N) is 3. The molecule has 0 bridgehead atoms. The van der Waals surface area contributed by atoms with Crippen LogP contribution in [0.5, 0.6) is 0 Å². The number of imide groups is 1. The first-order valence-corrected chi connectivity index (χ1v) is 9.89. The lowest BCUT2D eigenvalue weighted by Gasteiger charge is -2.26. The summed E-state index contributed by atoms with van der Waals surface area (Å²) in [6.07, 6.45) is -3.16. The van der Waals surface area contributed by atoms with E-state index in [2.05, 4.69) is 21.0 Å². The number of hydrogen-bond acceptors (Lipinski definition) is 4. The minimum atomic E-state index is -4.57. The maximum atomic E-state index is 14.7. The van der Waals surface area contributed by atoms with Crippen LogP contribution in [0.1, 0.15) is 21.6 Å². The highest BCUT2D eigenvalue weighted by Gasteiger charge is 2.50. The lowest BCUT2D eigenvalue weighted by molar-refractivity contribution is -0.137. The quantitative estimate of drug-likeness (QED) is 0.390. The molecule has 3 aromatic rings. The third-order valence-electron chi connectivity index (χ3n) is 5.47. The second kappa shape index (κ2) is 8.28. The summed E-state index contributed by atoms with van der Waals surface area (Å²) >= 11 is 0. The van der Waals surface area contributed by atoms with E-state index in [0.29, 0.717) is 5.69 Å². The van der Waals surface area contributed by atoms with Crippen LogP contribution in [0.15, 0.2) is 54.7 Å². The summed E-state index contributed by atoms with van der Waals surface area (Å²) in [5.41, 5.74) is -2.60. The smallest absolute Gasteiger partial charge is 0.349 e. The van der Waals surface area contributed by atoms with Gasteiger partial charge in [0.1, 0.15) is 5.82 Å². The number of amides is 4. The zero-order chi connectivity index (χ0) is 24.7. The summed E-state index contributed by atoms with van der Waals surface area (Å²) in [6, 6.07) is 8.10. The van der Waals surface area contributed by atoms with Crippen LogP contribution in [0, 0.1) is 5.82 Å². The molecule has 0 aliphatic carbocycles. The van der Waals surface area contributed by atoms with E-state index in [1.54, 1.807) is 7.05 Å². The first-order chi connectivity index (χ1) is 16.0. The third-order valence-corrected chi connectivity index (χ3v) is 5.47. The number of rotatable bonds is 5. The molecular weight excluding hydrogens is 458 g/mol. The molecule has 1 aliphatic rings. The number of urea groups is 1. The molecule has 1 aliphatic heterocycles. The Hall–Kier alpha value is -4.22. The van der Waals surface area contributed by atoms with E-state index in [9.17, 15) is 31.9 Å². The summed E-state index contributed by atoms with van der Waals surface area (Å²) < 4.78 is 54.7. The Kier molecular flexibility index (Phi) is 5.59. The zero-order valence-electron chi connectivity index (χ0n) is 17.5. The molecule has 0 saturated carbocycles. The first-order valence-electron chi connectivity index (χ1n) is 9.89. The highest BCUT2D eigenvalue weighted by molar-refractivity contribution is 6.08. The van der Waals surface area contributed by atoms with E-state index in [0.717, 1.165) is 30.3 Å². The van der Waals surface area contributed by atoms with Gasteiger partial charge in [-0.15, -0.1) is 0 Å². The van der Waals surface area contributed by atoms with Gasteiger partial charge in [0.25, 0.3) is 11.8 Å². The molecule has 12 heteroatoms. The van der Waals surface area contributed by atoms with Crippen LogP contribution in [0.4, 0.5) is 22.4 Å². The molecule has 0 radical (unpaired) electrons. The number of halogens is 4. The summed E-state index contributed by atoms with van der Waals surface area (Å²) in [5, 5.41) is 11.1. The second-order valence-electron chi connectivity index (χ2n) is 7.57. The Morgan fingerprint density at radius 1 is 1.12 bits per heavy atom. The SMILES string of the molecule is Cn1nccc1C1(CNC(=O)c2cccc(F)c2-c2ccc(C(F)(F)F)cc2)NC(=O)NC1=O. The molecular formula is C22H17F4N5O3. The Morgan fingerprint density at radius 2 is 1.82 bits per heavy atom. The monoisotopic (exact) mass is 475 g/mol. The summed E-state index contributed by atoms with van der Waals surface area (Å²) in [5.74, 6) is -2.34. The van der Waals surface area contributed by atoms with Crippen molar-refractivity contribution in [3.8, 4) is 11.1 Å². The number of benzene rings is 2. The van der Waals surface area contributed by atoms with Gasteiger partial charge in [0.15, 0.2) is 5.54 Å². The molecule has 2 aromatic carbocycles. The van der Waals surface area contributed by atoms with E-state index in [1.165, 1.54) is 29.1 Å². The number of alkyl halides is 3. The van der Waals surface area contributed by atoms with Crippen LogP contribution in [0.25, 0.3) is 11.1 Å². The number of hydrogen-bond donors (Lipinski definition) is 3. The second-order valence-corrected chi connectivity index (χ2v) is 7.57.